The molecular formula is C17H17N7O7S. The van der Waals surface area contributed by atoms with Gasteiger partial charge in [0.1, 0.15) is 6.20 Å². The van der Waals surface area contributed by atoms with Crippen LogP contribution < -0.4 is 19.5 Å². The zero-order chi connectivity index (χ0) is 23.5. The number of carbonyl (C=O) groups excluding carboxylic acids is 1. The summed E-state index contributed by atoms with van der Waals surface area (Å²) in [6.07, 6.45) is 1.10. The molecule has 0 bridgehead atoms. The molecule has 0 atom stereocenters. The molecule has 0 aliphatic carbocycles. The Morgan fingerprint density at radius 1 is 1.16 bits per heavy atom. The molecule has 15 heteroatoms. The van der Waals surface area contributed by atoms with Crippen LogP contribution in [-0.4, -0.2) is 53.2 Å². The Morgan fingerprint density at radius 2 is 1.84 bits per heavy atom. The Balaban J connectivity index is 1.78. The van der Waals surface area contributed by atoms with Crippen molar-refractivity contribution in [1.82, 2.24) is 19.7 Å². The third-order valence-electron chi connectivity index (χ3n) is 3.96. The lowest BCUT2D eigenvalue weighted by molar-refractivity contribution is -0.385. The molecule has 0 fully saturated rings. The fraction of sp³-hybridized carbons (Fsp3) is 0.176. The van der Waals surface area contributed by atoms with Gasteiger partial charge in [-0.25, -0.2) is 8.42 Å². The number of aryl methyl sites for hydroxylation is 1. The highest BCUT2D eigenvalue weighted by Crippen LogP contribution is 2.22. The number of carbonyl (C=O) groups is 1. The first-order valence-electron chi connectivity index (χ1n) is 8.72. The van der Waals surface area contributed by atoms with Crippen LogP contribution in [0, 0.1) is 10.1 Å². The number of ether oxygens (including phenoxy) is 2. The monoisotopic (exact) mass is 463 g/mol. The molecular weight excluding hydrogens is 446 g/mol. The Labute approximate surface area is 181 Å². The maximum Gasteiger partial charge on any atom is 0.321 e. The molecule has 2 aromatic heterocycles. The molecule has 168 valence electrons. The highest BCUT2D eigenvalue weighted by molar-refractivity contribution is 7.92. The summed E-state index contributed by atoms with van der Waals surface area (Å²) < 4.78 is 38.6. The lowest BCUT2D eigenvalue weighted by atomic mass is 10.3. The van der Waals surface area contributed by atoms with Crippen molar-refractivity contribution in [3.05, 3.63) is 52.3 Å². The molecule has 2 N–H and O–H groups in total. The second kappa shape index (κ2) is 8.84. The molecule has 0 aliphatic rings. The number of anilines is 2. The molecule has 0 unspecified atom stereocenters. The molecule has 0 spiro atoms. The molecule has 0 saturated carbocycles. The predicted octanol–water partition coefficient (Wildman–Crippen LogP) is 1.19. The molecule has 32 heavy (non-hydrogen) atoms. The number of sulfonamides is 1. The fourth-order valence-electron chi connectivity index (χ4n) is 2.53. The number of hydrogen-bond donors (Lipinski definition) is 2. The van der Waals surface area contributed by atoms with E-state index in [-0.39, 0.29) is 34.0 Å². The van der Waals surface area contributed by atoms with Gasteiger partial charge < -0.3 is 14.8 Å². The highest BCUT2D eigenvalue weighted by atomic mass is 32.2. The van der Waals surface area contributed by atoms with Crippen LogP contribution in [0.4, 0.5) is 17.2 Å². The number of rotatable bonds is 8. The quantitative estimate of drug-likeness (QED) is 0.364. The third-order valence-corrected chi connectivity index (χ3v) is 5.33. The van der Waals surface area contributed by atoms with Crippen molar-refractivity contribution < 1.29 is 27.6 Å². The van der Waals surface area contributed by atoms with E-state index in [4.69, 9.17) is 9.47 Å². The van der Waals surface area contributed by atoms with Gasteiger partial charge in [-0.05, 0) is 24.3 Å². The van der Waals surface area contributed by atoms with E-state index >= 15 is 0 Å². The van der Waals surface area contributed by atoms with Gasteiger partial charge in [-0.3, -0.25) is 24.3 Å². The van der Waals surface area contributed by atoms with Crippen LogP contribution in [0.3, 0.4) is 0 Å². The number of benzene rings is 1. The summed E-state index contributed by atoms with van der Waals surface area (Å²) in [5.41, 5.74) is -0.620. The summed E-state index contributed by atoms with van der Waals surface area (Å²) >= 11 is 0. The molecule has 14 nitrogen and oxygen atoms in total. The van der Waals surface area contributed by atoms with Crippen molar-refractivity contribution in [1.29, 1.82) is 0 Å². The lowest BCUT2D eigenvalue weighted by Gasteiger charge is -2.10. The number of aromatic nitrogens is 4. The van der Waals surface area contributed by atoms with E-state index in [0.717, 1.165) is 10.9 Å². The fourth-order valence-corrected chi connectivity index (χ4v) is 3.52. The smallest absolute Gasteiger partial charge is 0.321 e. The lowest BCUT2D eigenvalue weighted by Crippen LogP contribution is -2.16. The summed E-state index contributed by atoms with van der Waals surface area (Å²) in [5.74, 6) is -0.795. The summed E-state index contributed by atoms with van der Waals surface area (Å²) in [4.78, 5) is 30.3. The number of nitrogens with one attached hydrogen (secondary N) is 2. The Morgan fingerprint density at radius 3 is 2.44 bits per heavy atom. The number of methoxy groups -OCH3 is 2. The van der Waals surface area contributed by atoms with Gasteiger partial charge in [-0.2, -0.15) is 15.1 Å². The van der Waals surface area contributed by atoms with Crippen LogP contribution in [0.25, 0.3) is 0 Å². The van der Waals surface area contributed by atoms with Crippen LogP contribution in [0.15, 0.2) is 41.4 Å². The van der Waals surface area contributed by atoms with Crippen LogP contribution >= 0.6 is 0 Å². The van der Waals surface area contributed by atoms with Gasteiger partial charge in [0, 0.05) is 18.8 Å². The van der Waals surface area contributed by atoms with Crippen LogP contribution in [0.2, 0.25) is 0 Å². The Bertz CT molecular complexity index is 1250. The maximum absolute atomic E-state index is 12.6. The second-order valence-electron chi connectivity index (χ2n) is 6.16. The van der Waals surface area contributed by atoms with E-state index in [9.17, 15) is 23.3 Å². The van der Waals surface area contributed by atoms with E-state index in [1.54, 1.807) is 0 Å². The van der Waals surface area contributed by atoms with Gasteiger partial charge in [-0.15, -0.1) is 0 Å². The van der Waals surface area contributed by atoms with E-state index < -0.39 is 26.5 Å². The molecule has 1 aromatic carbocycles. The Hall–Kier alpha value is -4.27. The predicted molar refractivity (Wildman–Crippen MR) is 110 cm³/mol. The standard InChI is InChI=1S/C17H17N7O7S/c1-23-9-12(24(26)27)15(21-23)16(25)18-10-4-6-11(7-5-10)32(28,29)22-13-8-14(30-2)20-17(19-13)31-3/h4-9H,1-3H3,(H,18,25)(H,19,20,22). The first-order valence-corrected chi connectivity index (χ1v) is 10.2. The van der Waals surface area contributed by atoms with Gasteiger partial charge in [0.15, 0.2) is 5.82 Å². The summed E-state index contributed by atoms with van der Waals surface area (Å²) in [6, 6.07) is 6.30. The summed E-state index contributed by atoms with van der Waals surface area (Å²) in [5, 5.41) is 17.3. The first kappa shape index (κ1) is 22.4. The topological polar surface area (TPSA) is 180 Å². The SMILES string of the molecule is COc1cc(NS(=O)(=O)c2ccc(NC(=O)c3nn(C)cc3[N+](=O)[O-])cc2)nc(OC)n1. The average Bonchev–Trinajstić information content (AvgIpc) is 3.15. The molecule has 0 saturated heterocycles. The molecule has 1 amide bonds. The van der Waals surface area contributed by atoms with E-state index in [1.165, 1.54) is 51.6 Å². The molecule has 3 rings (SSSR count). The normalized spacial score (nSPS) is 11.0. The first-order chi connectivity index (χ1) is 15.1. The van der Waals surface area contributed by atoms with Crippen molar-refractivity contribution in [3.8, 4) is 11.9 Å². The minimum atomic E-state index is -4.04. The van der Waals surface area contributed by atoms with Gasteiger partial charge in [0.2, 0.25) is 11.6 Å². The molecule has 2 heterocycles. The van der Waals surface area contributed by atoms with Crippen molar-refractivity contribution in [2.75, 3.05) is 24.3 Å². The number of amides is 1. The van der Waals surface area contributed by atoms with Crippen molar-refractivity contribution >= 4 is 33.1 Å². The van der Waals surface area contributed by atoms with Crippen LogP contribution in [0.1, 0.15) is 10.5 Å². The van der Waals surface area contributed by atoms with Gasteiger partial charge >= 0.3 is 11.7 Å². The van der Waals surface area contributed by atoms with Gasteiger partial charge in [0.05, 0.1) is 24.0 Å². The summed E-state index contributed by atoms with van der Waals surface area (Å²) in [7, 11) is 0.0722. The molecule has 3 aromatic rings. The highest BCUT2D eigenvalue weighted by Gasteiger charge is 2.25. The minimum absolute atomic E-state index is 0.0754. The number of hydrogen-bond acceptors (Lipinski definition) is 10. The summed E-state index contributed by atoms with van der Waals surface area (Å²) in [6.45, 7) is 0. The van der Waals surface area contributed by atoms with Crippen molar-refractivity contribution in [3.63, 3.8) is 0 Å². The second-order valence-corrected chi connectivity index (χ2v) is 7.84. The minimum Gasteiger partial charge on any atom is -0.481 e. The van der Waals surface area contributed by atoms with E-state index in [2.05, 4.69) is 25.1 Å². The largest absolute Gasteiger partial charge is 0.481 e. The van der Waals surface area contributed by atoms with E-state index in [0.29, 0.717) is 0 Å². The van der Waals surface area contributed by atoms with Crippen molar-refractivity contribution in [2.45, 2.75) is 4.90 Å². The van der Waals surface area contributed by atoms with Crippen LogP contribution in [0.5, 0.6) is 11.9 Å². The van der Waals surface area contributed by atoms with Gasteiger partial charge in [0.25, 0.3) is 15.9 Å². The third kappa shape index (κ3) is 4.89. The molecule has 0 aliphatic heterocycles. The average molecular weight is 463 g/mol. The maximum atomic E-state index is 12.6. The van der Waals surface area contributed by atoms with Crippen LogP contribution in [-0.2, 0) is 17.1 Å². The van der Waals surface area contributed by atoms with Crippen molar-refractivity contribution in [2.24, 2.45) is 7.05 Å². The zero-order valence-corrected chi connectivity index (χ0v) is 17.8. The van der Waals surface area contributed by atoms with Gasteiger partial charge in [-0.1, -0.05) is 0 Å². The Kier molecular flexibility index (Phi) is 6.20. The molecule has 0 radical (unpaired) electrons. The zero-order valence-electron chi connectivity index (χ0n) is 17.0. The number of nitro groups is 1. The number of nitrogens with zero attached hydrogens (tertiary/aromatic N) is 5. The van der Waals surface area contributed by atoms with E-state index in [1.807, 2.05) is 0 Å².